The van der Waals surface area contributed by atoms with E-state index in [4.69, 9.17) is 10.5 Å². The van der Waals surface area contributed by atoms with Crippen LogP contribution in [0.3, 0.4) is 0 Å². The van der Waals surface area contributed by atoms with Crippen LogP contribution in [0.5, 0.6) is 0 Å². The summed E-state index contributed by atoms with van der Waals surface area (Å²) in [7, 11) is 0. The van der Waals surface area contributed by atoms with Gasteiger partial charge in [-0.1, -0.05) is 25.1 Å². The first-order valence-corrected chi connectivity index (χ1v) is 6.02. The van der Waals surface area contributed by atoms with E-state index in [2.05, 4.69) is 11.9 Å². The van der Waals surface area contributed by atoms with E-state index < -0.39 is 5.97 Å². The zero-order chi connectivity index (χ0) is 13.1. The van der Waals surface area contributed by atoms with E-state index in [1.807, 2.05) is 18.2 Å². The van der Waals surface area contributed by atoms with Crippen LogP contribution in [0.1, 0.15) is 29.8 Å². The topological polar surface area (TPSA) is 65.2 Å². The third kappa shape index (κ3) is 2.01. The molecule has 0 bridgehead atoms. The van der Waals surface area contributed by atoms with Gasteiger partial charge in [-0.3, -0.25) is 4.98 Å². The molecule has 2 rings (SSSR count). The molecule has 4 heteroatoms. The number of carbonyl (C=O) groups is 1. The minimum absolute atomic E-state index is 0.325. The lowest BCUT2D eigenvalue weighted by Gasteiger charge is -2.09. The van der Waals surface area contributed by atoms with Crippen molar-refractivity contribution in [1.29, 1.82) is 0 Å². The van der Waals surface area contributed by atoms with Crippen LogP contribution in [0.15, 0.2) is 24.4 Å². The van der Waals surface area contributed by atoms with E-state index in [0.29, 0.717) is 17.9 Å². The molecule has 0 unspecified atom stereocenters. The van der Waals surface area contributed by atoms with Gasteiger partial charge >= 0.3 is 5.97 Å². The van der Waals surface area contributed by atoms with Gasteiger partial charge in [-0.15, -0.1) is 0 Å². The maximum Gasteiger partial charge on any atom is 0.341 e. The molecule has 1 heterocycles. The molecule has 94 valence electrons. The summed E-state index contributed by atoms with van der Waals surface area (Å²) in [5.74, 6) is -0.425. The number of aryl methyl sites for hydroxylation is 1. The first kappa shape index (κ1) is 12.4. The molecule has 1 aromatic carbocycles. The van der Waals surface area contributed by atoms with Crippen LogP contribution in [0.2, 0.25) is 0 Å². The fourth-order valence-corrected chi connectivity index (χ4v) is 1.96. The number of nitrogens with zero attached hydrogens (tertiary/aromatic N) is 1. The number of nitrogen functional groups attached to an aromatic ring is 1. The molecular formula is C14H16N2O2. The average Bonchev–Trinajstić information content (AvgIpc) is 2.39. The second-order valence-corrected chi connectivity index (χ2v) is 3.97. The van der Waals surface area contributed by atoms with Crippen molar-refractivity contribution >= 4 is 22.6 Å². The van der Waals surface area contributed by atoms with Gasteiger partial charge in [0.1, 0.15) is 5.56 Å². The molecule has 0 saturated carbocycles. The van der Waals surface area contributed by atoms with Gasteiger partial charge in [0.15, 0.2) is 0 Å². The third-order valence-electron chi connectivity index (χ3n) is 2.90. The average molecular weight is 244 g/mol. The number of pyridine rings is 1. The van der Waals surface area contributed by atoms with Gasteiger partial charge < -0.3 is 10.5 Å². The van der Waals surface area contributed by atoms with E-state index in [1.165, 1.54) is 6.20 Å². The maximum absolute atomic E-state index is 11.7. The fraction of sp³-hybridized carbons (Fsp3) is 0.286. The number of rotatable bonds is 3. The van der Waals surface area contributed by atoms with Gasteiger partial charge in [0.2, 0.25) is 0 Å². The number of ether oxygens (including phenoxy) is 1. The van der Waals surface area contributed by atoms with Crippen molar-refractivity contribution in [3.8, 4) is 0 Å². The first-order valence-electron chi connectivity index (χ1n) is 6.02. The van der Waals surface area contributed by atoms with E-state index in [9.17, 15) is 4.79 Å². The van der Waals surface area contributed by atoms with Gasteiger partial charge in [0.25, 0.3) is 0 Å². The largest absolute Gasteiger partial charge is 0.462 e. The highest BCUT2D eigenvalue weighted by molar-refractivity contribution is 6.04. The molecule has 0 radical (unpaired) electrons. The lowest BCUT2D eigenvalue weighted by Crippen LogP contribution is -2.09. The fourth-order valence-electron chi connectivity index (χ4n) is 1.96. The summed E-state index contributed by atoms with van der Waals surface area (Å²) in [6.07, 6.45) is 2.37. The Morgan fingerprint density at radius 2 is 2.17 bits per heavy atom. The van der Waals surface area contributed by atoms with Crippen molar-refractivity contribution in [1.82, 2.24) is 4.98 Å². The number of hydrogen-bond donors (Lipinski definition) is 1. The number of benzene rings is 1. The molecule has 0 aliphatic rings. The highest BCUT2D eigenvalue weighted by atomic mass is 16.5. The molecule has 0 spiro atoms. The van der Waals surface area contributed by atoms with Gasteiger partial charge in [0, 0.05) is 11.6 Å². The number of para-hydroxylation sites is 1. The molecule has 0 atom stereocenters. The zero-order valence-corrected chi connectivity index (χ0v) is 10.6. The van der Waals surface area contributed by atoms with Crippen LogP contribution in [0.25, 0.3) is 10.9 Å². The Morgan fingerprint density at radius 3 is 2.83 bits per heavy atom. The Balaban J connectivity index is 2.61. The molecule has 2 N–H and O–H groups in total. The number of hydrogen-bond acceptors (Lipinski definition) is 4. The van der Waals surface area contributed by atoms with Gasteiger partial charge in [0.05, 0.1) is 17.8 Å². The van der Waals surface area contributed by atoms with E-state index in [-0.39, 0.29) is 0 Å². The SMILES string of the molecule is CCOC(=O)c1cnc2c(CC)cccc2c1N. The molecule has 4 nitrogen and oxygen atoms in total. The van der Waals surface area contributed by atoms with E-state index in [0.717, 1.165) is 22.9 Å². The summed E-state index contributed by atoms with van der Waals surface area (Å²) in [6, 6.07) is 5.81. The second kappa shape index (κ2) is 5.04. The van der Waals surface area contributed by atoms with Crippen molar-refractivity contribution in [3.63, 3.8) is 0 Å². The normalized spacial score (nSPS) is 10.6. The van der Waals surface area contributed by atoms with Gasteiger partial charge in [-0.2, -0.15) is 0 Å². The van der Waals surface area contributed by atoms with Crippen molar-refractivity contribution < 1.29 is 9.53 Å². The number of anilines is 1. The summed E-state index contributed by atoms with van der Waals surface area (Å²) in [4.78, 5) is 16.1. The molecule has 0 amide bonds. The number of carbonyl (C=O) groups excluding carboxylic acids is 1. The quantitative estimate of drug-likeness (QED) is 0.843. The maximum atomic E-state index is 11.7. The monoisotopic (exact) mass is 244 g/mol. The van der Waals surface area contributed by atoms with Crippen LogP contribution in [-0.4, -0.2) is 17.6 Å². The van der Waals surface area contributed by atoms with Crippen LogP contribution in [-0.2, 0) is 11.2 Å². The highest BCUT2D eigenvalue weighted by Crippen LogP contribution is 2.26. The standard InChI is InChI=1S/C14H16N2O2/c1-3-9-6-5-7-10-12(15)11(8-16-13(9)10)14(17)18-4-2/h5-8H,3-4H2,1-2H3,(H2,15,16). The Hall–Kier alpha value is -2.10. The van der Waals surface area contributed by atoms with Crippen LogP contribution < -0.4 is 5.73 Å². The van der Waals surface area contributed by atoms with Crippen molar-refractivity contribution in [2.45, 2.75) is 20.3 Å². The van der Waals surface area contributed by atoms with Crippen molar-refractivity contribution in [2.24, 2.45) is 0 Å². The molecule has 0 fully saturated rings. The third-order valence-corrected chi connectivity index (χ3v) is 2.90. The number of aromatic nitrogens is 1. The van der Waals surface area contributed by atoms with Crippen LogP contribution in [0, 0.1) is 0 Å². The first-order chi connectivity index (χ1) is 8.69. The Bertz CT molecular complexity index is 594. The van der Waals surface area contributed by atoms with E-state index in [1.54, 1.807) is 6.92 Å². The smallest absolute Gasteiger partial charge is 0.341 e. The van der Waals surface area contributed by atoms with Crippen molar-refractivity contribution in [2.75, 3.05) is 12.3 Å². The number of nitrogens with two attached hydrogens (primary N) is 1. The molecule has 18 heavy (non-hydrogen) atoms. The lowest BCUT2D eigenvalue weighted by molar-refractivity contribution is 0.0527. The molecule has 0 aliphatic carbocycles. The summed E-state index contributed by atoms with van der Waals surface area (Å²) in [5.41, 5.74) is 8.78. The van der Waals surface area contributed by atoms with E-state index >= 15 is 0 Å². The van der Waals surface area contributed by atoms with Gasteiger partial charge in [-0.05, 0) is 18.9 Å². The predicted molar refractivity (Wildman–Crippen MR) is 71.5 cm³/mol. The number of fused-ring (bicyclic) bond motifs is 1. The molecule has 0 saturated heterocycles. The van der Waals surface area contributed by atoms with Crippen LogP contribution >= 0.6 is 0 Å². The van der Waals surface area contributed by atoms with Crippen LogP contribution in [0.4, 0.5) is 5.69 Å². The highest BCUT2D eigenvalue weighted by Gasteiger charge is 2.14. The zero-order valence-electron chi connectivity index (χ0n) is 10.6. The molecule has 0 aliphatic heterocycles. The Labute approximate surface area is 106 Å². The summed E-state index contributed by atoms with van der Waals surface area (Å²) in [6.45, 7) is 4.15. The minimum atomic E-state index is -0.425. The Kier molecular flexibility index (Phi) is 3.46. The lowest BCUT2D eigenvalue weighted by atomic mass is 10.0. The predicted octanol–water partition coefficient (Wildman–Crippen LogP) is 2.56. The van der Waals surface area contributed by atoms with Gasteiger partial charge in [-0.25, -0.2) is 4.79 Å². The second-order valence-electron chi connectivity index (χ2n) is 3.97. The summed E-state index contributed by atoms with van der Waals surface area (Å²) >= 11 is 0. The summed E-state index contributed by atoms with van der Waals surface area (Å²) < 4.78 is 4.96. The molecule has 1 aromatic heterocycles. The van der Waals surface area contributed by atoms with Crippen molar-refractivity contribution in [3.05, 3.63) is 35.5 Å². The summed E-state index contributed by atoms with van der Waals surface area (Å²) in [5, 5.41) is 0.805. The Morgan fingerprint density at radius 1 is 1.39 bits per heavy atom. The molecular weight excluding hydrogens is 228 g/mol. The molecule has 2 aromatic rings. The number of esters is 1. The minimum Gasteiger partial charge on any atom is -0.462 e.